The van der Waals surface area contributed by atoms with Crippen molar-refractivity contribution in [1.82, 2.24) is 0 Å². The summed E-state index contributed by atoms with van der Waals surface area (Å²) in [6.07, 6.45) is 0. The Kier molecular flexibility index (Phi) is 4.20. The first-order valence-corrected chi connectivity index (χ1v) is 6.59. The van der Waals surface area contributed by atoms with Crippen LogP contribution >= 0.6 is 11.6 Å². The molecule has 100 valence electrons. The number of rotatable bonds is 3. The molecule has 0 spiro atoms. The predicted octanol–water partition coefficient (Wildman–Crippen LogP) is 5.36. The smallest absolute Gasteiger partial charge is 0.130 e. The third-order valence-corrected chi connectivity index (χ3v) is 3.95. The molecule has 0 N–H and O–H groups in total. The van der Waals surface area contributed by atoms with Crippen LogP contribution in [-0.4, -0.2) is 0 Å². The Bertz CT molecular complexity index is 566. The SMILES string of the molecule is Cc1cc(C(Cl)C(C)c2ccccc2)c(F)cc1F. The maximum Gasteiger partial charge on any atom is 0.130 e. The summed E-state index contributed by atoms with van der Waals surface area (Å²) in [5.41, 5.74) is 1.78. The fourth-order valence-corrected chi connectivity index (χ4v) is 2.40. The Morgan fingerprint density at radius 2 is 1.63 bits per heavy atom. The monoisotopic (exact) mass is 280 g/mol. The number of hydrogen-bond donors (Lipinski definition) is 0. The molecular formula is C16H15ClF2. The molecule has 0 bridgehead atoms. The van der Waals surface area contributed by atoms with Crippen LogP contribution in [0.4, 0.5) is 8.78 Å². The van der Waals surface area contributed by atoms with Gasteiger partial charge in [0.25, 0.3) is 0 Å². The first-order chi connectivity index (χ1) is 9.00. The van der Waals surface area contributed by atoms with Crippen molar-refractivity contribution < 1.29 is 8.78 Å². The van der Waals surface area contributed by atoms with Gasteiger partial charge in [-0.25, -0.2) is 8.78 Å². The molecule has 19 heavy (non-hydrogen) atoms. The molecule has 2 unspecified atom stereocenters. The van der Waals surface area contributed by atoms with Gasteiger partial charge >= 0.3 is 0 Å². The highest BCUT2D eigenvalue weighted by Crippen LogP contribution is 2.37. The summed E-state index contributed by atoms with van der Waals surface area (Å²) >= 11 is 6.36. The molecule has 0 amide bonds. The van der Waals surface area contributed by atoms with E-state index < -0.39 is 17.0 Å². The Morgan fingerprint density at radius 3 is 2.26 bits per heavy atom. The fraction of sp³-hybridized carbons (Fsp3) is 0.250. The maximum atomic E-state index is 13.8. The molecule has 0 heterocycles. The van der Waals surface area contributed by atoms with Crippen LogP contribution in [-0.2, 0) is 0 Å². The Morgan fingerprint density at radius 1 is 1.00 bits per heavy atom. The summed E-state index contributed by atoms with van der Waals surface area (Å²) in [5, 5.41) is -0.526. The summed E-state index contributed by atoms with van der Waals surface area (Å²) in [6.45, 7) is 3.54. The van der Waals surface area contributed by atoms with Gasteiger partial charge in [0.15, 0.2) is 0 Å². The summed E-state index contributed by atoms with van der Waals surface area (Å²) in [7, 11) is 0. The van der Waals surface area contributed by atoms with Gasteiger partial charge in [-0.2, -0.15) is 0 Å². The number of alkyl halides is 1. The van der Waals surface area contributed by atoms with E-state index >= 15 is 0 Å². The van der Waals surface area contributed by atoms with Crippen LogP contribution in [0.5, 0.6) is 0 Å². The molecule has 0 aliphatic heterocycles. The van der Waals surface area contributed by atoms with Crippen molar-refractivity contribution in [3.8, 4) is 0 Å². The Balaban J connectivity index is 2.34. The molecule has 2 aromatic carbocycles. The van der Waals surface area contributed by atoms with Gasteiger partial charge in [-0.1, -0.05) is 37.3 Å². The van der Waals surface area contributed by atoms with Crippen molar-refractivity contribution in [3.63, 3.8) is 0 Å². The van der Waals surface area contributed by atoms with Crippen molar-refractivity contribution >= 4 is 11.6 Å². The van der Waals surface area contributed by atoms with Crippen LogP contribution in [0.15, 0.2) is 42.5 Å². The van der Waals surface area contributed by atoms with E-state index in [2.05, 4.69) is 0 Å². The van der Waals surface area contributed by atoms with Crippen molar-refractivity contribution in [2.75, 3.05) is 0 Å². The molecule has 0 fully saturated rings. The van der Waals surface area contributed by atoms with Gasteiger partial charge in [-0.15, -0.1) is 11.6 Å². The Hall–Kier alpha value is -1.41. The summed E-state index contributed by atoms with van der Waals surface area (Å²) in [4.78, 5) is 0. The van der Waals surface area contributed by atoms with Gasteiger partial charge in [-0.05, 0) is 24.1 Å². The second kappa shape index (κ2) is 5.70. The van der Waals surface area contributed by atoms with Gasteiger partial charge in [0, 0.05) is 17.5 Å². The number of hydrogen-bond acceptors (Lipinski definition) is 0. The molecule has 0 saturated heterocycles. The lowest BCUT2D eigenvalue weighted by Gasteiger charge is -2.20. The van der Waals surface area contributed by atoms with Crippen LogP contribution in [0.2, 0.25) is 0 Å². The molecule has 0 saturated carbocycles. The molecule has 0 aliphatic rings. The highest BCUT2D eigenvalue weighted by atomic mass is 35.5. The normalized spacial score (nSPS) is 14.2. The zero-order valence-corrected chi connectivity index (χ0v) is 11.6. The van der Waals surface area contributed by atoms with Gasteiger partial charge in [0.1, 0.15) is 11.6 Å². The number of halogens is 3. The van der Waals surface area contributed by atoms with Crippen molar-refractivity contribution in [1.29, 1.82) is 0 Å². The van der Waals surface area contributed by atoms with Gasteiger partial charge in [0.2, 0.25) is 0 Å². The highest BCUT2D eigenvalue weighted by Gasteiger charge is 2.22. The third-order valence-electron chi connectivity index (χ3n) is 3.34. The molecule has 3 heteroatoms. The van der Waals surface area contributed by atoms with E-state index in [-0.39, 0.29) is 5.92 Å². The standard InChI is InChI=1S/C16H15ClF2/c1-10-8-13(15(19)9-14(10)18)16(17)11(2)12-6-4-3-5-7-12/h3-9,11,16H,1-2H3. The minimum absolute atomic E-state index is 0.0535. The molecule has 2 rings (SSSR count). The van der Waals surface area contributed by atoms with Crippen LogP contribution < -0.4 is 0 Å². The quantitative estimate of drug-likeness (QED) is 0.664. The maximum absolute atomic E-state index is 13.8. The molecule has 0 nitrogen and oxygen atoms in total. The zero-order chi connectivity index (χ0) is 14.0. The van der Waals surface area contributed by atoms with Crippen molar-refractivity contribution in [2.24, 2.45) is 0 Å². The molecule has 0 aliphatic carbocycles. The van der Waals surface area contributed by atoms with Crippen molar-refractivity contribution in [3.05, 3.63) is 70.8 Å². The first kappa shape index (κ1) is 14.0. The lowest BCUT2D eigenvalue weighted by atomic mass is 9.92. The van der Waals surface area contributed by atoms with E-state index in [1.54, 1.807) is 6.92 Å². The second-order valence-corrected chi connectivity index (χ2v) is 5.19. The van der Waals surface area contributed by atoms with Crippen LogP contribution in [0.1, 0.15) is 34.9 Å². The van der Waals surface area contributed by atoms with E-state index in [0.29, 0.717) is 11.1 Å². The van der Waals surface area contributed by atoms with E-state index in [0.717, 1.165) is 11.6 Å². The van der Waals surface area contributed by atoms with Gasteiger partial charge in [-0.3, -0.25) is 0 Å². The second-order valence-electron chi connectivity index (χ2n) is 4.72. The molecule has 2 aromatic rings. The largest absolute Gasteiger partial charge is 0.207 e. The molecular weight excluding hydrogens is 266 g/mol. The van der Waals surface area contributed by atoms with Gasteiger partial charge in [0.05, 0.1) is 5.38 Å². The summed E-state index contributed by atoms with van der Waals surface area (Å²) in [5.74, 6) is -1.19. The highest BCUT2D eigenvalue weighted by molar-refractivity contribution is 6.21. The fourth-order valence-electron chi connectivity index (χ4n) is 2.09. The summed E-state index contributed by atoms with van der Waals surface area (Å²) in [6, 6.07) is 12.0. The minimum atomic E-state index is -0.592. The summed E-state index contributed by atoms with van der Waals surface area (Å²) < 4.78 is 27.1. The number of aryl methyl sites for hydroxylation is 1. The molecule has 0 radical (unpaired) electrons. The van der Waals surface area contributed by atoms with E-state index in [4.69, 9.17) is 11.6 Å². The first-order valence-electron chi connectivity index (χ1n) is 6.15. The van der Waals surface area contributed by atoms with Crippen molar-refractivity contribution in [2.45, 2.75) is 25.1 Å². The number of benzene rings is 2. The lowest BCUT2D eigenvalue weighted by molar-refractivity contribution is 0.557. The predicted molar refractivity (Wildman–Crippen MR) is 74.5 cm³/mol. The van der Waals surface area contributed by atoms with Crippen LogP contribution in [0.25, 0.3) is 0 Å². The average molecular weight is 281 g/mol. The van der Waals surface area contributed by atoms with Crippen LogP contribution in [0, 0.1) is 18.6 Å². The average Bonchev–Trinajstić information content (AvgIpc) is 2.42. The third kappa shape index (κ3) is 2.95. The Labute approximate surface area is 117 Å². The van der Waals surface area contributed by atoms with Gasteiger partial charge < -0.3 is 0 Å². The minimum Gasteiger partial charge on any atom is -0.207 e. The topological polar surface area (TPSA) is 0 Å². The van der Waals surface area contributed by atoms with E-state index in [1.165, 1.54) is 6.07 Å². The molecule has 2 atom stereocenters. The van der Waals surface area contributed by atoms with Crippen LogP contribution in [0.3, 0.4) is 0 Å². The van der Waals surface area contributed by atoms with E-state index in [9.17, 15) is 8.78 Å². The van der Waals surface area contributed by atoms with E-state index in [1.807, 2.05) is 37.3 Å². The lowest BCUT2D eigenvalue weighted by Crippen LogP contribution is -2.06. The zero-order valence-electron chi connectivity index (χ0n) is 10.8. The molecule has 0 aromatic heterocycles.